The molecule has 0 saturated carbocycles. The number of hydrogen-bond acceptors (Lipinski definition) is 5. The second-order valence-electron chi connectivity index (χ2n) is 4.17. The molecule has 2 atom stereocenters. The number of carbonyl (C=O) groups is 2. The number of benzene rings is 1. The van der Waals surface area contributed by atoms with Gasteiger partial charge in [-0.15, -0.1) is 0 Å². The van der Waals surface area contributed by atoms with Crippen LogP contribution >= 0.6 is 0 Å². The molecule has 2 rings (SSSR count). The third-order valence-electron chi connectivity index (χ3n) is 2.82. The number of nitrogens with one attached hydrogen (secondary N) is 1. The molecular weight excluding hydrogens is 266 g/mol. The van der Waals surface area contributed by atoms with Crippen LogP contribution in [0, 0.1) is 0 Å². The van der Waals surface area contributed by atoms with Crippen molar-refractivity contribution in [2.45, 2.75) is 12.2 Å². The number of rotatable bonds is 5. The van der Waals surface area contributed by atoms with Gasteiger partial charge in [-0.2, -0.15) is 0 Å². The van der Waals surface area contributed by atoms with Crippen molar-refractivity contribution >= 4 is 11.9 Å². The molecule has 20 heavy (non-hydrogen) atoms. The molecule has 1 aromatic rings. The summed E-state index contributed by atoms with van der Waals surface area (Å²) in [6.07, 6.45) is -1.90. The zero-order valence-electron chi connectivity index (χ0n) is 10.9. The topological polar surface area (TPSA) is 94.1 Å². The summed E-state index contributed by atoms with van der Waals surface area (Å²) in [5.74, 6) is -0.515. The number of ether oxygens (including phenoxy) is 3. The number of hydrogen-bond donors (Lipinski definition) is 2. The van der Waals surface area contributed by atoms with E-state index in [-0.39, 0.29) is 13.2 Å². The van der Waals surface area contributed by atoms with Crippen molar-refractivity contribution in [3.8, 4) is 11.5 Å². The quantitative estimate of drug-likeness (QED) is 0.791. The van der Waals surface area contributed by atoms with Gasteiger partial charge in [-0.05, 0) is 12.1 Å². The number of aliphatic carboxylic acids is 1. The molecule has 1 aliphatic heterocycles. The van der Waals surface area contributed by atoms with Gasteiger partial charge < -0.3 is 24.6 Å². The SMILES string of the molecule is COC(CNC(=O)C1COc2ccccc2O1)C(=O)O. The van der Waals surface area contributed by atoms with E-state index >= 15 is 0 Å². The Morgan fingerprint density at radius 3 is 2.80 bits per heavy atom. The summed E-state index contributed by atoms with van der Waals surface area (Å²) >= 11 is 0. The monoisotopic (exact) mass is 281 g/mol. The molecule has 1 aromatic carbocycles. The van der Waals surface area contributed by atoms with Gasteiger partial charge in [0.25, 0.3) is 5.91 Å². The van der Waals surface area contributed by atoms with Gasteiger partial charge in [-0.1, -0.05) is 12.1 Å². The Hall–Kier alpha value is -2.28. The average Bonchev–Trinajstić information content (AvgIpc) is 2.46. The standard InChI is InChI=1S/C13H15NO6/c1-18-10(13(16)17)6-14-12(15)11-7-19-8-4-2-3-5-9(8)20-11/h2-5,10-11H,6-7H2,1H3,(H,14,15)(H,16,17). The van der Waals surface area contributed by atoms with Gasteiger partial charge in [-0.3, -0.25) is 4.79 Å². The highest BCUT2D eigenvalue weighted by molar-refractivity contribution is 5.82. The van der Waals surface area contributed by atoms with E-state index in [2.05, 4.69) is 5.32 Å². The average molecular weight is 281 g/mol. The summed E-state index contributed by atoms with van der Waals surface area (Å²) in [7, 11) is 1.27. The van der Waals surface area contributed by atoms with Crippen LogP contribution in [-0.4, -0.2) is 49.5 Å². The lowest BCUT2D eigenvalue weighted by atomic mass is 10.2. The first-order chi connectivity index (χ1) is 9.61. The first-order valence-electron chi connectivity index (χ1n) is 6.03. The number of carboxylic acid groups (broad SMARTS) is 1. The molecule has 0 spiro atoms. The summed E-state index contributed by atoms with van der Waals surface area (Å²) in [5.41, 5.74) is 0. The van der Waals surface area contributed by atoms with Gasteiger partial charge in [0.15, 0.2) is 17.6 Å². The van der Waals surface area contributed by atoms with E-state index in [0.717, 1.165) is 0 Å². The van der Waals surface area contributed by atoms with Crippen LogP contribution < -0.4 is 14.8 Å². The third-order valence-corrected chi connectivity index (χ3v) is 2.82. The Bertz CT molecular complexity index is 503. The number of amides is 1. The molecule has 2 unspecified atom stereocenters. The lowest BCUT2D eigenvalue weighted by Crippen LogP contribution is -2.47. The number of methoxy groups -OCH3 is 1. The minimum Gasteiger partial charge on any atom is -0.485 e. The fraction of sp³-hybridized carbons (Fsp3) is 0.385. The molecule has 108 valence electrons. The Morgan fingerprint density at radius 2 is 2.15 bits per heavy atom. The maximum Gasteiger partial charge on any atom is 0.334 e. The number of carbonyl (C=O) groups excluding carboxylic acids is 1. The summed E-state index contributed by atoms with van der Waals surface area (Å²) in [5, 5.41) is 11.3. The van der Waals surface area contributed by atoms with E-state index in [1.54, 1.807) is 24.3 Å². The van der Waals surface area contributed by atoms with Crippen LogP contribution in [0.2, 0.25) is 0 Å². The van der Waals surface area contributed by atoms with Crippen LogP contribution in [0.3, 0.4) is 0 Å². The second-order valence-corrected chi connectivity index (χ2v) is 4.17. The van der Waals surface area contributed by atoms with Crippen molar-refractivity contribution in [1.82, 2.24) is 5.32 Å². The van der Waals surface area contributed by atoms with Crippen LogP contribution in [0.1, 0.15) is 0 Å². The highest BCUT2D eigenvalue weighted by Crippen LogP contribution is 2.30. The van der Waals surface area contributed by atoms with Gasteiger partial charge in [0.1, 0.15) is 6.61 Å². The number of carboxylic acids is 1. The lowest BCUT2D eigenvalue weighted by molar-refractivity contribution is -0.148. The largest absolute Gasteiger partial charge is 0.485 e. The van der Waals surface area contributed by atoms with Crippen molar-refractivity contribution in [3.63, 3.8) is 0 Å². The Kier molecular flexibility index (Phi) is 4.41. The molecule has 1 heterocycles. The van der Waals surface area contributed by atoms with Gasteiger partial charge in [0.2, 0.25) is 6.10 Å². The predicted molar refractivity (Wildman–Crippen MR) is 67.8 cm³/mol. The van der Waals surface area contributed by atoms with Crippen LogP contribution in [0.15, 0.2) is 24.3 Å². The third kappa shape index (κ3) is 3.18. The van der Waals surface area contributed by atoms with Crippen molar-refractivity contribution in [2.75, 3.05) is 20.3 Å². The molecule has 0 radical (unpaired) electrons. The van der Waals surface area contributed by atoms with Crippen molar-refractivity contribution < 1.29 is 28.9 Å². The van der Waals surface area contributed by atoms with Crippen molar-refractivity contribution in [2.24, 2.45) is 0 Å². The molecule has 1 aliphatic rings. The maximum absolute atomic E-state index is 11.9. The normalized spacial score (nSPS) is 18.1. The molecule has 0 saturated heterocycles. The summed E-state index contributed by atoms with van der Waals surface area (Å²) < 4.78 is 15.6. The molecule has 0 fully saturated rings. The molecule has 7 heteroatoms. The van der Waals surface area contributed by atoms with Crippen LogP contribution in [0.4, 0.5) is 0 Å². The van der Waals surface area contributed by atoms with E-state index in [4.69, 9.17) is 19.3 Å². The molecule has 7 nitrogen and oxygen atoms in total. The predicted octanol–water partition coefficient (Wildman–Crippen LogP) is 0.0422. The zero-order valence-corrected chi connectivity index (χ0v) is 10.9. The smallest absolute Gasteiger partial charge is 0.334 e. The minimum absolute atomic E-state index is 0.0770. The molecule has 0 aromatic heterocycles. The van der Waals surface area contributed by atoms with Crippen molar-refractivity contribution in [3.05, 3.63) is 24.3 Å². The zero-order chi connectivity index (χ0) is 14.5. The second kappa shape index (κ2) is 6.25. The summed E-state index contributed by atoms with van der Waals surface area (Å²) in [6.45, 7) is -0.0558. The summed E-state index contributed by atoms with van der Waals surface area (Å²) in [4.78, 5) is 22.6. The highest BCUT2D eigenvalue weighted by atomic mass is 16.6. The lowest BCUT2D eigenvalue weighted by Gasteiger charge is -2.25. The maximum atomic E-state index is 11.9. The van der Waals surface area contributed by atoms with Gasteiger partial charge >= 0.3 is 5.97 Å². The van der Waals surface area contributed by atoms with E-state index in [0.29, 0.717) is 11.5 Å². The van der Waals surface area contributed by atoms with Crippen molar-refractivity contribution in [1.29, 1.82) is 0 Å². The van der Waals surface area contributed by atoms with Crippen LogP contribution in [0.5, 0.6) is 11.5 Å². The molecule has 2 N–H and O–H groups in total. The van der Waals surface area contributed by atoms with Crippen LogP contribution in [0.25, 0.3) is 0 Å². The van der Waals surface area contributed by atoms with E-state index in [9.17, 15) is 9.59 Å². The molecule has 0 bridgehead atoms. The Balaban J connectivity index is 1.90. The van der Waals surface area contributed by atoms with E-state index in [1.165, 1.54) is 7.11 Å². The number of fused-ring (bicyclic) bond motifs is 1. The molecule has 0 aliphatic carbocycles. The number of para-hydroxylation sites is 2. The first kappa shape index (κ1) is 14.1. The first-order valence-corrected chi connectivity index (χ1v) is 6.03. The fourth-order valence-corrected chi connectivity index (χ4v) is 1.73. The fourth-order valence-electron chi connectivity index (χ4n) is 1.73. The minimum atomic E-state index is -1.14. The van der Waals surface area contributed by atoms with Gasteiger partial charge in [0, 0.05) is 7.11 Å². The van der Waals surface area contributed by atoms with Crippen LogP contribution in [-0.2, 0) is 14.3 Å². The van der Waals surface area contributed by atoms with Gasteiger partial charge in [0.05, 0.1) is 6.54 Å². The van der Waals surface area contributed by atoms with E-state index < -0.39 is 24.1 Å². The summed E-state index contributed by atoms with van der Waals surface area (Å²) in [6, 6.07) is 7.02. The van der Waals surface area contributed by atoms with Gasteiger partial charge in [-0.25, -0.2) is 4.79 Å². The van der Waals surface area contributed by atoms with E-state index in [1.807, 2.05) is 0 Å². The Morgan fingerprint density at radius 1 is 1.45 bits per heavy atom. The highest BCUT2D eigenvalue weighted by Gasteiger charge is 2.28. The molecule has 1 amide bonds. The Labute approximate surface area is 115 Å². The molecular formula is C13H15NO6.